The van der Waals surface area contributed by atoms with E-state index in [2.05, 4.69) is 0 Å². The molecular formula is C12H19NO3S3. The first kappa shape index (κ1) is 15.2. The molecule has 0 aliphatic carbocycles. The van der Waals surface area contributed by atoms with Gasteiger partial charge in [-0.15, -0.1) is 11.3 Å². The maximum Gasteiger partial charge on any atom is 0.252 e. The van der Waals surface area contributed by atoms with Gasteiger partial charge in [-0.25, -0.2) is 8.42 Å². The lowest BCUT2D eigenvalue weighted by atomic mass is 10.2. The number of nitrogens with zero attached hydrogens (tertiary/aromatic N) is 1. The van der Waals surface area contributed by atoms with Gasteiger partial charge in [0.25, 0.3) is 10.0 Å². The Balaban J connectivity index is 2.28. The topological polar surface area (TPSA) is 54.5 Å². The monoisotopic (exact) mass is 321 g/mol. The molecule has 0 amide bonds. The molecule has 0 N–H and O–H groups in total. The number of rotatable bonds is 3. The van der Waals surface area contributed by atoms with Crippen molar-refractivity contribution in [2.45, 2.75) is 36.1 Å². The number of thiophene rings is 1. The Morgan fingerprint density at radius 2 is 2.11 bits per heavy atom. The summed E-state index contributed by atoms with van der Waals surface area (Å²) in [6.07, 6.45) is 0.843. The van der Waals surface area contributed by atoms with Crippen LogP contribution in [-0.2, 0) is 27.2 Å². The summed E-state index contributed by atoms with van der Waals surface area (Å²) in [6.45, 7) is 6.39. The Bertz CT molecular complexity index is 589. The molecule has 108 valence electrons. The third-order valence-corrected chi connectivity index (χ3v) is 8.74. The molecule has 1 unspecified atom stereocenters. The van der Waals surface area contributed by atoms with Crippen LogP contribution < -0.4 is 0 Å². The fourth-order valence-electron chi connectivity index (χ4n) is 2.06. The average Bonchev–Trinajstić information content (AvgIpc) is 2.81. The van der Waals surface area contributed by atoms with Crippen molar-refractivity contribution in [2.24, 2.45) is 0 Å². The summed E-state index contributed by atoms with van der Waals surface area (Å²) in [6, 6.07) is 3.54. The molecule has 1 aromatic heterocycles. The van der Waals surface area contributed by atoms with E-state index < -0.39 is 25.6 Å². The molecule has 0 aromatic carbocycles. The van der Waals surface area contributed by atoms with Crippen LogP contribution in [0.3, 0.4) is 0 Å². The highest BCUT2D eigenvalue weighted by Crippen LogP contribution is 2.29. The second-order valence-electron chi connectivity index (χ2n) is 5.22. The van der Waals surface area contributed by atoms with Gasteiger partial charge in [0.2, 0.25) is 0 Å². The highest BCUT2D eigenvalue weighted by atomic mass is 32.2. The minimum atomic E-state index is -3.43. The molecule has 1 saturated heterocycles. The zero-order valence-corrected chi connectivity index (χ0v) is 13.8. The first-order valence-electron chi connectivity index (χ1n) is 6.25. The van der Waals surface area contributed by atoms with Crippen LogP contribution in [0.25, 0.3) is 0 Å². The third kappa shape index (κ3) is 2.94. The van der Waals surface area contributed by atoms with E-state index in [9.17, 15) is 12.6 Å². The Kier molecular flexibility index (Phi) is 4.21. The van der Waals surface area contributed by atoms with Crippen LogP contribution in [0.2, 0.25) is 0 Å². The van der Waals surface area contributed by atoms with E-state index in [0.29, 0.717) is 23.1 Å². The third-order valence-electron chi connectivity index (χ3n) is 3.28. The van der Waals surface area contributed by atoms with E-state index in [1.807, 2.05) is 26.8 Å². The predicted octanol–water partition coefficient (Wildman–Crippen LogP) is 1.84. The van der Waals surface area contributed by atoms with Crippen molar-refractivity contribution < 1.29 is 12.6 Å². The molecule has 0 bridgehead atoms. The molecule has 4 nitrogen and oxygen atoms in total. The summed E-state index contributed by atoms with van der Waals surface area (Å²) in [5.74, 6) is 0.415. The fraction of sp³-hybridized carbons (Fsp3) is 0.667. The molecule has 1 aromatic rings. The number of sulfonamides is 1. The molecule has 1 atom stereocenters. The minimum absolute atomic E-state index is 0.321. The molecule has 1 aliphatic heterocycles. The number of hydrogen-bond acceptors (Lipinski definition) is 4. The van der Waals surface area contributed by atoms with Gasteiger partial charge in [-0.2, -0.15) is 4.31 Å². The standard InChI is InChI=1S/C12H19NO3S3/c1-4-10-5-6-11(17-10)19(15,16)13-7-8-18(14)12(2,3)9-13/h5-6H,4,7-9H2,1-3H3. The summed E-state index contributed by atoms with van der Waals surface area (Å²) in [7, 11) is -4.39. The van der Waals surface area contributed by atoms with E-state index in [-0.39, 0.29) is 0 Å². The van der Waals surface area contributed by atoms with Gasteiger partial charge in [0, 0.05) is 34.5 Å². The van der Waals surface area contributed by atoms with E-state index in [0.717, 1.165) is 11.3 Å². The summed E-state index contributed by atoms with van der Waals surface area (Å²) in [4.78, 5) is 1.07. The van der Waals surface area contributed by atoms with Gasteiger partial charge in [-0.1, -0.05) is 6.92 Å². The Hall–Kier alpha value is -0.240. The van der Waals surface area contributed by atoms with Crippen molar-refractivity contribution in [3.8, 4) is 0 Å². The second kappa shape index (κ2) is 5.27. The summed E-state index contributed by atoms with van der Waals surface area (Å²) in [5, 5.41) is 0. The molecule has 2 heterocycles. The Morgan fingerprint density at radius 3 is 2.63 bits per heavy atom. The van der Waals surface area contributed by atoms with Crippen LogP contribution in [0.1, 0.15) is 25.6 Å². The van der Waals surface area contributed by atoms with Crippen molar-refractivity contribution in [1.29, 1.82) is 0 Å². The highest BCUT2D eigenvalue weighted by molar-refractivity contribution is 7.91. The van der Waals surface area contributed by atoms with E-state index >= 15 is 0 Å². The largest absolute Gasteiger partial charge is 0.259 e. The lowest BCUT2D eigenvalue weighted by Crippen LogP contribution is -2.51. The first-order valence-corrected chi connectivity index (χ1v) is 9.82. The lowest BCUT2D eigenvalue weighted by molar-refractivity contribution is 0.379. The maximum atomic E-state index is 12.5. The van der Waals surface area contributed by atoms with Crippen LogP contribution >= 0.6 is 11.3 Å². The molecule has 0 saturated carbocycles. The predicted molar refractivity (Wildman–Crippen MR) is 79.5 cm³/mol. The normalized spacial score (nSPS) is 24.5. The quantitative estimate of drug-likeness (QED) is 0.853. The van der Waals surface area contributed by atoms with Gasteiger partial charge in [-0.05, 0) is 32.4 Å². The first-order chi connectivity index (χ1) is 8.77. The van der Waals surface area contributed by atoms with Crippen LogP contribution in [-0.4, -0.2) is 40.5 Å². The van der Waals surface area contributed by atoms with Gasteiger partial charge < -0.3 is 0 Å². The number of aryl methyl sites for hydroxylation is 1. The lowest BCUT2D eigenvalue weighted by Gasteiger charge is -2.36. The van der Waals surface area contributed by atoms with Gasteiger partial charge in [0.15, 0.2) is 0 Å². The van der Waals surface area contributed by atoms with E-state index in [1.54, 1.807) is 6.07 Å². The molecule has 19 heavy (non-hydrogen) atoms. The highest BCUT2D eigenvalue weighted by Gasteiger charge is 2.39. The van der Waals surface area contributed by atoms with E-state index in [4.69, 9.17) is 0 Å². The molecule has 1 aliphatic rings. The van der Waals surface area contributed by atoms with Crippen molar-refractivity contribution in [3.63, 3.8) is 0 Å². The molecule has 2 rings (SSSR count). The average molecular weight is 321 g/mol. The molecule has 0 radical (unpaired) electrons. The second-order valence-corrected chi connectivity index (χ2v) is 10.8. The smallest absolute Gasteiger partial charge is 0.252 e. The van der Waals surface area contributed by atoms with Crippen LogP contribution in [0.4, 0.5) is 0 Å². The zero-order valence-electron chi connectivity index (χ0n) is 11.4. The van der Waals surface area contributed by atoms with Gasteiger partial charge in [0.05, 0.1) is 4.75 Å². The van der Waals surface area contributed by atoms with Crippen LogP contribution in [0, 0.1) is 0 Å². The number of hydrogen-bond donors (Lipinski definition) is 0. The van der Waals surface area contributed by atoms with Crippen molar-refractivity contribution in [2.75, 3.05) is 18.8 Å². The van der Waals surface area contributed by atoms with Gasteiger partial charge >= 0.3 is 0 Å². The van der Waals surface area contributed by atoms with Crippen molar-refractivity contribution >= 4 is 32.2 Å². The molecule has 1 fully saturated rings. The van der Waals surface area contributed by atoms with Crippen molar-refractivity contribution in [1.82, 2.24) is 4.31 Å². The maximum absolute atomic E-state index is 12.5. The Morgan fingerprint density at radius 1 is 1.42 bits per heavy atom. The zero-order chi connectivity index (χ0) is 14.3. The summed E-state index contributed by atoms with van der Waals surface area (Å²) in [5.41, 5.74) is 0. The van der Waals surface area contributed by atoms with Crippen LogP contribution in [0.15, 0.2) is 16.3 Å². The Labute approximate surface area is 121 Å². The van der Waals surface area contributed by atoms with Crippen LogP contribution in [0.5, 0.6) is 0 Å². The fourth-order valence-corrected chi connectivity index (χ4v) is 6.54. The molecule has 0 spiro atoms. The van der Waals surface area contributed by atoms with Gasteiger partial charge in [-0.3, -0.25) is 4.21 Å². The minimum Gasteiger partial charge on any atom is -0.259 e. The molecular weight excluding hydrogens is 302 g/mol. The molecule has 7 heteroatoms. The van der Waals surface area contributed by atoms with Crippen molar-refractivity contribution in [3.05, 3.63) is 17.0 Å². The summed E-state index contributed by atoms with van der Waals surface area (Å²) >= 11 is 1.33. The van der Waals surface area contributed by atoms with Gasteiger partial charge in [0.1, 0.15) is 4.21 Å². The summed E-state index contributed by atoms with van der Waals surface area (Å²) < 4.78 is 38.4. The van der Waals surface area contributed by atoms with E-state index in [1.165, 1.54) is 15.6 Å². The SMILES string of the molecule is CCc1ccc(S(=O)(=O)N2CCS(=O)C(C)(C)C2)s1.